The van der Waals surface area contributed by atoms with Crippen LogP contribution in [0.25, 0.3) is 11.2 Å². The lowest BCUT2D eigenvalue weighted by Crippen LogP contribution is -2.39. The highest BCUT2D eigenvalue weighted by Gasteiger charge is 2.25. The first-order chi connectivity index (χ1) is 13.0. The lowest BCUT2D eigenvalue weighted by atomic mass is 9.92. The fraction of sp³-hybridized carbons (Fsp3) is 0.429. The summed E-state index contributed by atoms with van der Waals surface area (Å²) in [5.74, 6) is 2.70. The number of rotatable bonds is 3. The lowest BCUT2D eigenvalue weighted by molar-refractivity contribution is 0.354. The smallest absolute Gasteiger partial charge is 0.229 e. The maximum atomic E-state index is 4.86. The summed E-state index contributed by atoms with van der Waals surface area (Å²) >= 11 is 0. The van der Waals surface area contributed by atoms with Crippen molar-refractivity contribution in [3.05, 3.63) is 41.7 Å². The van der Waals surface area contributed by atoms with Gasteiger partial charge in [-0.15, -0.1) is 0 Å². The van der Waals surface area contributed by atoms with Crippen molar-refractivity contribution in [2.24, 2.45) is 11.8 Å². The van der Waals surface area contributed by atoms with Gasteiger partial charge in [-0.1, -0.05) is 26.0 Å². The van der Waals surface area contributed by atoms with Crippen molar-refractivity contribution in [1.82, 2.24) is 19.9 Å². The molecule has 1 aromatic carbocycles. The van der Waals surface area contributed by atoms with Crippen LogP contribution in [0.2, 0.25) is 0 Å². The van der Waals surface area contributed by atoms with Crippen molar-refractivity contribution in [1.29, 1.82) is 0 Å². The molecule has 3 aromatic rings. The summed E-state index contributed by atoms with van der Waals surface area (Å²) in [6.45, 7) is 10.7. The third kappa shape index (κ3) is 3.70. The molecule has 0 aliphatic carbocycles. The monoisotopic (exact) mass is 362 g/mol. The van der Waals surface area contributed by atoms with Crippen molar-refractivity contribution in [3.63, 3.8) is 0 Å². The normalized spacial score (nSPS) is 20.1. The van der Waals surface area contributed by atoms with Crippen LogP contribution in [0.15, 0.2) is 30.6 Å². The third-order valence-electron chi connectivity index (χ3n) is 5.12. The van der Waals surface area contributed by atoms with E-state index in [2.05, 4.69) is 66.1 Å². The standard InChI is InChI=1S/C21H26N6/c1-13-5-6-16(4)17(10-13)24-20-18-19(23-8-7-22-18)25-21(26-20)27-11-14(2)9-15(3)12-27/h5-8,10,14-15H,9,11-12H2,1-4H3,(H,23,24,25,26). The molecule has 2 atom stereocenters. The molecule has 2 unspecified atom stereocenters. The van der Waals surface area contributed by atoms with Gasteiger partial charge in [-0.05, 0) is 49.3 Å². The highest BCUT2D eigenvalue weighted by molar-refractivity contribution is 5.86. The van der Waals surface area contributed by atoms with Gasteiger partial charge in [0.2, 0.25) is 5.95 Å². The summed E-state index contributed by atoms with van der Waals surface area (Å²) in [6.07, 6.45) is 4.62. The molecule has 1 aliphatic heterocycles. The molecule has 4 rings (SSSR count). The predicted molar refractivity (Wildman–Crippen MR) is 109 cm³/mol. The first kappa shape index (κ1) is 17.6. The number of hydrogen-bond donors (Lipinski definition) is 1. The van der Waals surface area contributed by atoms with E-state index in [9.17, 15) is 0 Å². The molecule has 27 heavy (non-hydrogen) atoms. The number of nitrogens with one attached hydrogen (secondary N) is 1. The van der Waals surface area contributed by atoms with Gasteiger partial charge in [0.25, 0.3) is 0 Å². The summed E-state index contributed by atoms with van der Waals surface area (Å²) in [6, 6.07) is 6.35. The van der Waals surface area contributed by atoms with Crippen LogP contribution in [-0.2, 0) is 0 Å². The molecular weight excluding hydrogens is 336 g/mol. The van der Waals surface area contributed by atoms with Gasteiger partial charge in [0.05, 0.1) is 0 Å². The first-order valence-electron chi connectivity index (χ1n) is 9.57. The van der Waals surface area contributed by atoms with Crippen molar-refractivity contribution in [3.8, 4) is 0 Å². The van der Waals surface area contributed by atoms with Gasteiger partial charge in [-0.3, -0.25) is 0 Å². The SMILES string of the molecule is Cc1ccc(C)c(Nc2nc(N3CC(C)CC(C)C3)nc3nccnc23)c1. The van der Waals surface area contributed by atoms with Gasteiger partial charge < -0.3 is 10.2 Å². The Morgan fingerprint density at radius 2 is 1.74 bits per heavy atom. The van der Waals surface area contributed by atoms with Crippen LogP contribution >= 0.6 is 0 Å². The van der Waals surface area contributed by atoms with Gasteiger partial charge in [0.15, 0.2) is 17.0 Å². The Bertz CT molecular complexity index is 960. The molecule has 140 valence electrons. The number of anilines is 3. The van der Waals surface area contributed by atoms with E-state index in [4.69, 9.17) is 9.97 Å². The number of benzene rings is 1. The van der Waals surface area contributed by atoms with Gasteiger partial charge in [-0.2, -0.15) is 9.97 Å². The summed E-state index contributed by atoms with van der Waals surface area (Å²) in [7, 11) is 0. The quantitative estimate of drug-likeness (QED) is 0.751. The van der Waals surface area contributed by atoms with E-state index < -0.39 is 0 Å². The molecule has 0 bridgehead atoms. The minimum Gasteiger partial charge on any atom is -0.340 e. The Morgan fingerprint density at radius 3 is 2.52 bits per heavy atom. The number of hydrogen-bond acceptors (Lipinski definition) is 6. The summed E-state index contributed by atoms with van der Waals surface area (Å²) in [5, 5.41) is 3.48. The Morgan fingerprint density at radius 1 is 1.00 bits per heavy atom. The van der Waals surface area contributed by atoms with Gasteiger partial charge >= 0.3 is 0 Å². The topological polar surface area (TPSA) is 66.8 Å². The van der Waals surface area contributed by atoms with Crippen LogP contribution < -0.4 is 10.2 Å². The molecule has 0 spiro atoms. The number of aromatic nitrogens is 4. The lowest BCUT2D eigenvalue weighted by Gasteiger charge is -2.35. The van der Waals surface area contributed by atoms with Crippen LogP contribution in [0.3, 0.4) is 0 Å². The molecule has 6 nitrogen and oxygen atoms in total. The van der Waals surface area contributed by atoms with Crippen LogP contribution in [0.5, 0.6) is 0 Å². The summed E-state index contributed by atoms with van der Waals surface area (Å²) in [4.78, 5) is 20.8. The van der Waals surface area contributed by atoms with E-state index in [1.807, 2.05) is 0 Å². The first-order valence-corrected chi connectivity index (χ1v) is 9.57. The van der Waals surface area contributed by atoms with Crippen LogP contribution in [0, 0.1) is 25.7 Å². The second-order valence-electron chi connectivity index (χ2n) is 7.90. The average molecular weight is 362 g/mol. The van der Waals surface area contributed by atoms with Gasteiger partial charge in [0.1, 0.15) is 0 Å². The highest BCUT2D eigenvalue weighted by atomic mass is 15.3. The average Bonchev–Trinajstić information content (AvgIpc) is 2.64. The zero-order chi connectivity index (χ0) is 19.0. The Hall–Kier alpha value is -2.76. The van der Waals surface area contributed by atoms with E-state index in [-0.39, 0.29) is 0 Å². The van der Waals surface area contributed by atoms with Crippen molar-refractivity contribution >= 4 is 28.6 Å². The summed E-state index contributed by atoms with van der Waals surface area (Å²) in [5.41, 5.74) is 4.72. The van der Waals surface area contributed by atoms with Crippen molar-refractivity contribution < 1.29 is 0 Å². The highest BCUT2D eigenvalue weighted by Crippen LogP contribution is 2.29. The largest absolute Gasteiger partial charge is 0.340 e. The molecule has 0 radical (unpaired) electrons. The number of aryl methyl sites for hydroxylation is 2. The molecule has 2 aromatic heterocycles. The second kappa shape index (κ2) is 7.10. The van der Waals surface area contributed by atoms with Gasteiger partial charge in [-0.25, -0.2) is 9.97 Å². The third-order valence-corrected chi connectivity index (χ3v) is 5.12. The molecule has 0 saturated carbocycles. The maximum Gasteiger partial charge on any atom is 0.229 e. The predicted octanol–water partition coefficient (Wildman–Crippen LogP) is 4.26. The number of nitrogens with zero attached hydrogens (tertiary/aromatic N) is 5. The van der Waals surface area contributed by atoms with Crippen LogP contribution in [-0.4, -0.2) is 33.0 Å². The zero-order valence-corrected chi connectivity index (χ0v) is 16.4. The molecular formula is C21H26N6. The Kier molecular flexibility index (Phi) is 4.64. The minimum absolute atomic E-state index is 0.626. The minimum atomic E-state index is 0.626. The van der Waals surface area contributed by atoms with E-state index >= 15 is 0 Å². The fourth-order valence-electron chi connectivity index (χ4n) is 3.91. The van der Waals surface area contributed by atoms with E-state index in [0.29, 0.717) is 28.8 Å². The fourth-order valence-corrected chi connectivity index (χ4v) is 3.91. The maximum absolute atomic E-state index is 4.86. The molecule has 1 fully saturated rings. The van der Waals surface area contributed by atoms with Gasteiger partial charge in [0, 0.05) is 31.2 Å². The van der Waals surface area contributed by atoms with Crippen molar-refractivity contribution in [2.45, 2.75) is 34.1 Å². The van der Waals surface area contributed by atoms with E-state index in [1.54, 1.807) is 12.4 Å². The van der Waals surface area contributed by atoms with Crippen LogP contribution in [0.1, 0.15) is 31.4 Å². The van der Waals surface area contributed by atoms with E-state index in [0.717, 1.165) is 30.3 Å². The number of fused-ring (bicyclic) bond motifs is 1. The van der Waals surface area contributed by atoms with Crippen LogP contribution in [0.4, 0.5) is 17.5 Å². The molecule has 1 aliphatic rings. The molecule has 6 heteroatoms. The van der Waals surface area contributed by atoms with Crippen molar-refractivity contribution in [2.75, 3.05) is 23.3 Å². The zero-order valence-electron chi connectivity index (χ0n) is 16.4. The molecule has 1 saturated heterocycles. The molecule has 3 heterocycles. The molecule has 1 N–H and O–H groups in total. The second-order valence-corrected chi connectivity index (χ2v) is 7.90. The Labute approximate surface area is 160 Å². The molecule has 0 amide bonds. The Balaban J connectivity index is 1.78. The number of piperidine rings is 1. The van der Waals surface area contributed by atoms with E-state index in [1.165, 1.54) is 12.0 Å². The summed E-state index contributed by atoms with van der Waals surface area (Å²) < 4.78 is 0.